The van der Waals surface area contributed by atoms with Crippen molar-refractivity contribution in [3.05, 3.63) is 59.1 Å². The van der Waals surface area contributed by atoms with E-state index in [4.69, 9.17) is 0 Å². The Hall–Kier alpha value is -1.12. The summed E-state index contributed by atoms with van der Waals surface area (Å²) in [6.07, 6.45) is 3.99. The third-order valence-corrected chi connectivity index (χ3v) is 2.98. The van der Waals surface area contributed by atoms with Crippen molar-refractivity contribution in [2.45, 2.75) is 6.54 Å². The normalized spacial score (nSPS) is 9.33. The zero-order valence-corrected chi connectivity index (χ0v) is 9.84. The molecule has 0 aliphatic heterocycles. The summed E-state index contributed by atoms with van der Waals surface area (Å²) in [7, 11) is 0. The third kappa shape index (κ3) is 2.91. The van der Waals surface area contributed by atoms with E-state index in [9.17, 15) is 0 Å². The zero-order chi connectivity index (χ0) is 9.80. The Kier molecular flexibility index (Phi) is 4.53. The second-order valence-corrected chi connectivity index (χ2v) is 3.99. The molecule has 0 spiro atoms. The Bertz CT molecular complexity index is 422. The van der Waals surface area contributed by atoms with Crippen molar-refractivity contribution in [3.8, 4) is 0 Å². The van der Waals surface area contributed by atoms with E-state index in [0.717, 1.165) is 6.54 Å². The lowest BCUT2D eigenvalue weighted by molar-refractivity contribution is -0.685. The van der Waals surface area contributed by atoms with Crippen molar-refractivity contribution < 1.29 is 17.0 Å². The minimum atomic E-state index is 0. The second-order valence-electron chi connectivity index (χ2n) is 3.06. The molecule has 0 N–H and O–H groups in total. The molecule has 0 amide bonds. The molecule has 78 valence electrons. The Morgan fingerprint density at radius 2 is 2.00 bits per heavy atom. The Balaban J connectivity index is 0.00000112. The molecule has 0 fully saturated rings. The van der Waals surface area contributed by atoms with Crippen molar-refractivity contribution in [1.29, 1.82) is 0 Å². The predicted molar refractivity (Wildman–Crippen MR) is 60.1 cm³/mol. The van der Waals surface area contributed by atoms with Gasteiger partial charge in [-0.25, -0.2) is 0 Å². The second kappa shape index (κ2) is 5.69. The maximum Gasteiger partial charge on any atom is 0.261 e. The molecule has 0 aliphatic rings. The molecule has 0 bridgehead atoms. The monoisotopic (exact) mass is 237 g/mol. The quantitative estimate of drug-likeness (QED) is 0.648. The molecule has 1 nitrogen and oxygen atoms in total. The summed E-state index contributed by atoms with van der Waals surface area (Å²) in [6, 6.07) is 10.4. The van der Waals surface area contributed by atoms with E-state index in [-0.39, 0.29) is 12.4 Å². The van der Waals surface area contributed by atoms with Crippen LogP contribution in [0.5, 0.6) is 0 Å². The number of nitrogens with zero attached hydrogens (tertiary/aromatic N) is 1. The van der Waals surface area contributed by atoms with Gasteiger partial charge in [0.1, 0.15) is 0 Å². The maximum absolute atomic E-state index is 3.80. The van der Waals surface area contributed by atoms with Gasteiger partial charge in [0.25, 0.3) is 5.01 Å². The minimum absolute atomic E-state index is 0. The molecule has 0 aliphatic carbocycles. The fourth-order valence-corrected chi connectivity index (χ4v) is 2.10. The van der Waals surface area contributed by atoms with Gasteiger partial charge in [-0.2, -0.15) is 4.57 Å². The van der Waals surface area contributed by atoms with Gasteiger partial charge in [-0.15, -0.1) is 0 Å². The van der Waals surface area contributed by atoms with Gasteiger partial charge in [-0.05, 0) is 0 Å². The molecule has 3 heteroatoms. The first kappa shape index (κ1) is 12.0. The highest BCUT2D eigenvalue weighted by Gasteiger charge is 2.08. The van der Waals surface area contributed by atoms with Crippen molar-refractivity contribution in [2.75, 3.05) is 0 Å². The number of halogens is 1. The molecule has 2 aromatic rings. The third-order valence-electron chi connectivity index (χ3n) is 2.08. The highest BCUT2D eigenvalue weighted by atomic mass is 35.5. The maximum atomic E-state index is 3.80. The summed E-state index contributed by atoms with van der Waals surface area (Å²) < 4.78 is 2.20. The molecule has 0 saturated heterocycles. The molecule has 15 heavy (non-hydrogen) atoms. The summed E-state index contributed by atoms with van der Waals surface area (Å²) in [5.41, 5.74) is 1.32. The lowest BCUT2D eigenvalue weighted by Gasteiger charge is -1.95. The molecule has 0 saturated carbocycles. The number of benzene rings is 1. The van der Waals surface area contributed by atoms with E-state index in [1.165, 1.54) is 10.6 Å². The van der Waals surface area contributed by atoms with Crippen LogP contribution in [0, 0.1) is 0 Å². The Morgan fingerprint density at radius 1 is 1.27 bits per heavy atom. The number of rotatable bonds is 3. The smallest absolute Gasteiger partial charge is 0.261 e. The van der Waals surface area contributed by atoms with Crippen molar-refractivity contribution >= 4 is 17.4 Å². The standard InChI is InChI=1S/C12H12NS.ClH/c1-2-12-13(8-9-14-12)10-11-6-4-3-5-7-11;/h2-9H,1,10H2;1H/q+1;/p-1. The fourth-order valence-electron chi connectivity index (χ4n) is 1.39. The molecule has 1 heterocycles. The van der Waals surface area contributed by atoms with Crippen LogP contribution < -0.4 is 17.0 Å². The van der Waals surface area contributed by atoms with E-state index < -0.39 is 0 Å². The number of aromatic nitrogens is 1. The van der Waals surface area contributed by atoms with Gasteiger partial charge >= 0.3 is 0 Å². The molecule has 0 atom stereocenters. The number of hydrogen-bond donors (Lipinski definition) is 0. The number of thiazole rings is 1. The van der Waals surface area contributed by atoms with Crippen LogP contribution in [0.4, 0.5) is 0 Å². The Labute approximate surface area is 100 Å². The molecule has 0 unspecified atom stereocenters. The number of hydrogen-bond acceptors (Lipinski definition) is 1. The molecule has 1 aromatic carbocycles. The first-order valence-corrected chi connectivity index (χ1v) is 5.41. The topological polar surface area (TPSA) is 3.88 Å². The highest BCUT2D eigenvalue weighted by molar-refractivity contribution is 7.10. The van der Waals surface area contributed by atoms with E-state index in [2.05, 4.69) is 47.0 Å². The van der Waals surface area contributed by atoms with Crippen LogP contribution in [0.25, 0.3) is 6.08 Å². The summed E-state index contributed by atoms with van der Waals surface area (Å²) in [4.78, 5) is 0. The van der Waals surface area contributed by atoms with Crippen LogP contribution in [0.1, 0.15) is 10.6 Å². The average molecular weight is 238 g/mol. The lowest BCUT2D eigenvalue weighted by atomic mass is 10.2. The van der Waals surface area contributed by atoms with Gasteiger partial charge in [-0.3, -0.25) is 0 Å². The average Bonchev–Trinajstić information content (AvgIpc) is 2.67. The zero-order valence-electron chi connectivity index (χ0n) is 8.27. The van der Waals surface area contributed by atoms with Gasteiger partial charge in [0.2, 0.25) is 0 Å². The molecule has 1 aromatic heterocycles. The van der Waals surface area contributed by atoms with Gasteiger partial charge in [-0.1, -0.05) is 48.2 Å². The summed E-state index contributed by atoms with van der Waals surface area (Å²) >= 11 is 1.71. The van der Waals surface area contributed by atoms with Crippen molar-refractivity contribution in [1.82, 2.24) is 0 Å². The summed E-state index contributed by atoms with van der Waals surface area (Å²) in [6.45, 7) is 4.72. The summed E-state index contributed by atoms with van der Waals surface area (Å²) in [5.74, 6) is 0. The van der Waals surface area contributed by atoms with E-state index >= 15 is 0 Å². The van der Waals surface area contributed by atoms with Crippen LogP contribution in [0.15, 0.2) is 48.5 Å². The summed E-state index contributed by atoms with van der Waals surface area (Å²) in [5, 5.41) is 3.29. The van der Waals surface area contributed by atoms with Gasteiger partial charge in [0.15, 0.2) is 12.7 Å². The van der Waals surface area contributed by atoms with Gasteiger partial charge in [0.05, 0.1) is 5.38 Å². The largest absolute Gasteiger partial charge is 1.00 e. The van der Waals surface area contributed by atoms with E-state index in [1.807, 2.05) is 12.1 Å². The van der Waals surface area contributed by atoms with Crippen LogP contribution in [0.2, 0.25) is 0 Å². The SMILES string of the molecule is C=Cc1scc[n+]1Cc1ccccc1.[Cl-]. The highest BCUT2D eigenvalue weighted by Crippen LogP contribution is 2.05. The molecular weight excluding hydrogens is 226 g/mol. The first-order chi connectivity index (χ1) is 6.90. The van der Waals surface area contributed by atoms with Crippen LogP contribution in [-0.2, 0) is 6.54 Å². The first-order valence-electron chi connectivity index (χ1n) is 4.53. The van der Waals surface area contributed by atoms with E-state index in [0.29, 0.717) is 0 Å². The van der Waals surface area contributed by atoms with Gasteiger partial charge < -0.3 is 12.4 Å². The molecular formula is C12H12ClNS. The molecule has 0 radical (unpaired) electrons. The van der Waals surface area contributed by atoms with Crippen LogP contribution >= 0.6 is 11.3 Å². The lowest BCUT2D eigenvalue weighted by Crippen LogP contribution is -3.00. The van der Waals surface area contributed by atoms with Crippen LogP contribution in [-0.4, -0.2) is 0 Å². The van der Waals surface area contributed by atoms with Crippen molar-refractivity contribution in [3.63, 3.8) is 0 Å². The molecule has 2 rings (SSSR count). The van der Waals surface area contributed by atoms with E-state index in [1.54, 1.807) is 11.3 Å². The predicted octanol–water partition coefficient (Wildman–Crippen LogP) is -0.269. The fraction of sp³-hybridized carbons (Fsp3) is 0.0833. The van der Waals surface area contributed by atoms with Crippen LogP contribution in [0.3, 0.4) is 0 Å². The minimum Gasteiger partial charge on any atom is -1.00 e. The Morgan fingerprint density at radius 3 is 2.67 bits per heavy atom. The van der Waals surface area contributed by atoms with Crippen molar-refractivity contribution in [2.24, 2.45) is 0 Å². The van der Waals surface area contributed by atoms with Gasteiger partial charge in [0, 0.05) is 11.6 Å².